The maximum atomic E-state index is 12.9. The second kappa shape index (κ2) is 9.46. The molecule has 4 bridgehead atoms. The third-order valence-electron chi connectivity index (χ3n) is 6.56. The third kappa shape index (κ3) is 4.31. The lowest BCUT2D eigenvalue weighted by atomic mass is 10.1. The number of benzene rings is 1. The topological polar surface area (TPSA) is 103 Å². The number of rotatable bonds is 4. The van der Waals surface area contributed by atoms with E-state index in [-0.39, 0.29) is 11.9 Å². The molecular weight excluding hydrogens is 460 g/mol. The fourth-order valence-corrected chi connectivity index (χ4v) is 4.72. The SMILES string of the molecule is CO[C@@H]1C[C@H]2COc3ccn4ncc(c4n3)-c3cc(cc(OCc4cccnc4)c3)NCCN2C1=O. The normalized spacial score (nSPS) is 19.5. The molecule has 0 spiro atoms. The van der Waals surface area contributed by atoms with Gasteiger partial charge < -0.3 is 24.4 Å². The van der Waals surface area contributed by atoms with Crippen LogP contribution in [-0.4, -0.2) is 69.3 Å². The van der Waals surface area contributed by atoms with E-state index >= 15 is 0 Å². The van der Waals surface area contributed by atoms with Crippen molar-refractivity contribution in [3.05, 3.63) is 66.7 Å². The minimum Gasteiger partial charge on any atom is -0.489 e. The molecule has 1 N–H and O–H groups in total. The van der Waals surface area contributed by atoms with Crippen molar-refractivity contribution in [3.63, 3.8) is 0 Å². The summed E-state index contributed by atoms with van der Waals surface area (Å²) < 4.78 is 19.3. The number of nitrogens with zero attached hydrogens (tertiary/aromatic N) is 5. The Hall–Kier alpha value is -4.18. The standard InChI is InChI=1S/C26H26N6O4/c1-34-23-12-20-16-36-24-4-7-32-25(30-24)22(14-29-32)18-9-19(28-6-8-31(20)26(23)33)11-21(10-18)35-15-17-3-2-5-27-13-17/h2-5,7,9-11,13-14,20,23,28H,6,8,12,15-16H2,1H3/t20-,23+/m0/s1. The van der Waals surface area contributed by atoms with Crippen LogP contribution in [0, 0.1) is 0 Å². The Labute approximate surface area is 207 Å². The van der Waals surface area contributed by atoms with E-state index in [9.17, 15) is 4.79 Å². The fourth-order valence-electron chi connectivity index (χ4n) is 4.72. The molecule has 1 aromatic carbocycles. The van der Waals surface area contributed by atoms with Crippen LogP contribution in [0.15, 0.2) is 61.2 Å². The van der Waals surface area contributed by atoms with Gasteiger partial charge in [0.2, 0.25) is 5.88 Å². The Kier molecular flexibility index (Phi) is 5.86. The Morgan fingerprint density at radius 3 is 3.03 bits per heavy atom. The molecule has 5 heterocycles. The van der Waals surface area contributed by atoms with E-state index in [1.54, 1.807) is 36.3 Å². The highest BCUT2D eigenvalue weighted by Gasteiger charge is 2.39. The fraction of sp³-hybridized carbons (Fsp3) is 0.308. The van der Waals surface area contributed by atoms with E-state index in [1.165, 1.54) is 0 Å². The van der Waals surface area contributed by atoms with Crippen LogP contribution in [0.1, 0.15) is 12.0 Å². The van der Waals surface area contributed by atoms with Gasteiger partial charge in [-0.25, -0.2) is 4.52 Å². The highest BCUT2D eigenvalue weighted by atomic mass is 16.5. The van der Waals surface area contributed by atoms with Crippen molar-refractivity contribution in [1.29, 1.82) is 0 Å². The molecular formula is C26H26N6O4. The van der Waals surface area contributed by atoms with Gasteiger partial charge in [0.05, 0.1) is 12.2 Å². The summed E-state index contributed by atoms with van der Waals surface area (Å²) in [6, 6.07) is 11.5. The van der Waals surface area contributed by atoms with Crippen molar-refractivity contribution in [2.75, 3.05) is 32.1 Å². The minimum atomic E-state index is -0.457. The number of amides is 1. The van der Waals surface area contributed by atoms with Gasteiger partial charge in [-0.1, -0.05) is 6.07 Å². The summed E-state index contributed by atoms with van der Waals surface area (Å²) in [6.45, 7) is 1.82. The molecule has 2 atom stereocenters. The summed E-state index contributed by atoms with van der Waals surface area (Å²) >= 11 is 0. The molecule has 1 saturated heterocycles. The molecule has 36 heavy (non-hydrogen) atoms. The molecule has 6 rings (SSSR count). The molecule has 1 amide bonds. The van der Waals surface area contributed by atoms with Crippen molar-refractivity contribution in [2.24, 2.45) is 0 Å². The van der Waals surface area contributed by atoms with Gasteiger partial charge in [0, 0.05) is 74.2 Å². The number of aromatic nitrogens is 4. The zero-order valence-corrected chi connectivity index (χ0v) is 19.8. The number of nitrogens with one attached hydrogen (secondary N) is 1. The van der Waals surface area contributed by atoms with Crippen molar-refractivity contribution in [1.82, 2.24) is 24.5 Å². The lowest BCUT2D eigenvalue weighted by molar-refractivity contribution is -0.136. The monoisotopic (exact) mass is 486 g/mol. The molecule has 2 aliphatic rings. The van der Waals surface area contributed by atoms with E-state index in [0.29, 0.717) is 50.0 Å². The van der Waals surface area contributed by atoms with E-state index < -0.39 is 6.10 Å². The number of carbonyl (C=O) groups is 1. The summed E-state index contributed by atoms with van der Waals surface area (Å²) in [7, 11) is 1.57. The van der Waals surface area contributed by atoms with Crippen molar-refractivity contribution in [3.8, 4) is 22.8 Å². The first-order valence-electron chi connectivity index (χ1n) is 11.9. The van der Waals surface area contributed by atoms with Gasteiger partial charge >= 0.3 is 0 Å². The average Bonchev–Trinajstić information content (AvgIpc) is 3.46. The van der Waals surface area contributed by atoms with Crippen LogP contribution in [0.2, 0.25) is 0 Å². The molecule has 0 unspecified atom stereocenters. The Balaban J connectivity index is 1.37. The maximum absolute atomic E-state index is 12.9. The van der Waals surface area contributed by atoms with Gasteiger partial charge in [-0.15, -0.1) is 0 Å². The smallest absolute Gasteiger partial charge is 0.252 e. The van der Waals surface area contributed by atoms with Crippen molar-refractivity contribution >= 4 is 17.2 Å². The van der Waals surface area contributed by atoms with Crippen LogP contribution in [-0.2, 0) is 16.1 Å². The van der Waals surface area contributed by atoms with Gasteiger partial charge in [-0.05, 0) is 23.8 Å². The van der Waals surface area contributed by atoms with Crippen LogP contribution in [0.25, 0.3) is 16.8 Å². The average molecular weight is 487 g/mol. The van der Waals surface area contributed by atoms with Crippen LogP contribution < -0.4 is 14.8 Å². The van der Waals surface area contributed by atoms with Gasteiger partial charge in [0.25, 0.3) is 5.91 Å². The lowest BCUT2D eigenvalue weighted by Crippen LogP contribution is -2.41. The number of anilines is 1. The highest BCUT2D eigenvalue weighted by Crippen LogP contribution is 2.32. The molecule has 0 saturated carbocycles. The second-order valence-electron chi connectivity index (χ2n) is 8.87. The van der Waals surface area contributed by atoms with Crippen molar-refractivity contribution in [2.45, 2.75) is 25.2 Å². The maximum Gasteiger partial charge on any atom is 0.252 e. The van der Waals surface area contributed by atoms with Gasteiger partial charge in [0.1, 0.15) is 25.1 Å². The summed E-state index contributed by atoms with van der Waals surface area (Å²) in [4.78, 5) is 23.6. The van der Waals surface area contributed by atoms with Crippen molar-refractivity contribution < 1.29 is 19.0 Å². The summed E-state index contributed by atoms with van der Waals surface area (Å²) in [5.41, 5.74) is 4.31. The number of hydrogen-bond donors (Lipinski definition) is 1. The van der Waals surface area contributed by atoms with Crippen LogP contribution >= 0.6 is 0 Å². The molecule has 1 fully saturated rings. The number of ether oxygens (including phenoxy) is 3. The zero-order valence-electron chi connectivity index (χ0n) is 19.8. The number of hydrogen-bond acceptors (Lipinski definition) is 8. The summed E-state index contributed by atoms with van der Waals surface area (Å²) in [5.74, 6) is 1.17. The lowest BCUT2D eigenvalue weighted by Gasteiger charge is -2.25. The van der Waals surface area contributed by atoms with Crippen LogP contribution in [0.5, 0.6) is 11.6 Å². The van der Waals surface area contributed by atoms with Crippen LogP contribution in [0.4, 0.5) is 5.69 Å². The number of pyridine rings is 1. The van der Waals surface area contributed by atoms with Gasteiger partial charge in [0.15, 0.2) is 5.65 Å². The van der Waals surface area contributed by atoms with Crippen LogP contribution in [0.3, 0.4) is 0 Å². The van der Waals surface area contributed by atoms with E-state index in [4.69, 9.17) is 19.2 Å². The molecule has 3 aromatic heterocycles. The number of fused-ring (bicyclic) bond motifs is 5. The third-order valence-corrected chi connectivity index (χ3v) is 6.56. The van der Waals surface area contributed by atoms with E-state index in [1.807, 2.05) is 41.4 Å². The van der Waals surface area contributed by atoms with Gasteiger partial charge in [-0.2, -0.15) is 10.1 Å². The molecule has 4 aromatic rings. The van der Waals surface area contributed by atoms with E-state index in [0.717, 1.165) is 22.4 Å². The summed E-state index contributed by atoms with van der Waals surface area (Å²) in [6.07, 6.45) is 7.27. The molecule has 184 valence electrons. The molecule has 0 aliphatic carbocycles. The summed E-state index contributed by atoms with van der Waals surface area (Å²) in [5, 5.41) is 7.93. The molecule has 10 heteroatoms. The quantitative estimate of drug-likeness (QED) is 0.470. The van der Waals surface area contributed by atoms with Gasteiger partial charge in [-0.3, -0.25) is 9.78 Å². The zero-order chi connectivity index (χ0) is 24.5. The molecule has 10 nitrogen and oxygen atoms in total. The molecule has 0 radical (unpaired) electrons. The highest BCUT2D eigenvalue weighted by molar-refractivity contribution is 5.84. The molecule has 2 aliphatic heterocycles. The Bertz CT molecular complexity index is 1390. The number of carbonyl (C=O) groups excluding carboxylic acids is 1. The first-order chi connectivity index (χ1) is 17.7. The first-order valence-corrected chi connectivity index (χ1v) is 11.9. The minimum absolute atomic E-state index is 0.0178. The van der Waals surface area contributed by atoms with E-state index in [2.05, 4.69) is 15.4 Å². The predicted octanol–water partition coefficient (Wildman–Crippen LogP) is 2.79. The Morgan fingerprint density at radius 2 is 2.17 bits per heavy atom. The first kappa shape index (κ1) is 22.3. The largest absolute Gasteiger partial charge is 0.489 e. The predicted molar refractivity (Wildman–Crippen MR) is 132 cm³/mol. The second-order valence-corrected chi connectivity index (χ2v) is 8.87. The Morgan fingerprint density at radius 1 is 1.22 bits per heavy atom. The number of methoxy groups -OCH3 is 1.